The average Bonchev–Trinajstić information content (AvgIpc) is 3.38. The number of piperidine rings is 1. The van der Waals surface area contributed by atoms with Gasteiger partial charge in [-0.3, -0.25) is 9.80 Å². The molecule has 3 atom stereocenters. The molecule has 0 saturated carbocycles. The minimum Gasteiger partial charge on any atom is -0.465 e. The highest BCUT2D eigenvalue weighted by Gasteiger charge is 2.45. The zero-order chi connectivity index (χ0) is 23.4. The van der Waals surface area contributed by atoms with Crippen molar-refractivity contribution in [2.75, 3.05) is 37.7 Å². The number of nitrogens with zero attached hydrogens (tertiary/aromatic N) is 6. The maximum Gasteiger partial charge on any atom is 0.407 e. The van der Waals surface area contributed by atoms with Gasteiger partial charge in [0, 0.05) is 19.3 Å². The van der Waals surface area contributed by atoms with E-state index in [0.717, 1.165) is 45.2 Å². The highest BCUT2D eigenvalue weighted by Crippen LogP contribution is 2.39. The van der Waals surface area contributed by atoms with Gasteiger partial charge in [-0.15, -0.1) is 0 Å². The molecule has 182 valence electrons. The molecule has 4 aliphatic rings. The number of amides is 1. The zero-order valence-electron chi connectivity index (χ0n) is 18.9. The Bertz CT molecular complexity index is 1120. The fraction of sp³-hybridized carbons (Fsp3) is 0.652. The second-order valence-electron chi connectivity index (χ2n) is 10.00. The number of ether oxygens (including phenoxy) is 1. The molecule has 0 spiro atoms. The first kappa shape index (κ1) is 22.0. The maximum atomic E-state index is 15.0. The molecule has 9 nitrogen and oxygen atoms in total. The fourth-order valence-electron chi connectivity index (χ4n) is 6.51. The molecule has 0 aliphatic carbocycles. The number of carbonyl (C=O) groups is 1. The van der Waals surface area contributed by atoms with Gasteiger partial charge in [-0.05, 0) is 51.6 Å². The maximum absolute atomic E-state index is 15.0. The van der Waals surface area contributed by atoms with E-state index in [1.165, 1.54) is 19.0 Å². The number of piperazine rings is 1. The summed E-state index contributed by atoms with van der Waals surface area (Å²) < 4.78 is 21.2. The third-order valence-electron chi connectivity index (χ3n) is 8.13. The van der Waals surface area contributed by atoms with E-state index in [-0.39, 0.29) is 34.3 Å². The molecule has 4 saturated heterocycles. The van der Waals surface area contributed by atoms with Crippen LogP contribution in [-0.2, 0) is 0 Å². The Labute approximate surface area is 201 Å². The Hall–Kier alpha value is -2.46. The van der Waals surface area contributed by atoms with Crippen LogP contribution in [0.1, 0.15) is 44.9 Å². The number of rotatable bonds is 4. The molecular formula is C23H28ClFN6O3. The van der Waals surface area contributed by atoms with E-state index in [1.807, 2.05) is 4.90 Å². The number of fused-ring (bicyclic) bond motifs is 4. The molecule has 2 aromatic heterocycles. The summed E-state index contributed by atoms with van der Waals surface area (Å²) in [5.41, 5.74) is 0.0784. The van der Waals surface area contributed by atoms with Crippen LogP contribution in [-0.4, -0.2) is 86.4 Å². The lowest BCUT2D eigenvalue weighted by molar-refractivity contribution is 0.0388. The van der Waals surface area contributed by atoms with E-state index in [4.69, 9.17) is 21.3 Å². The smallest absolute Gasteiger partial charge is 0.407 e. The van der Waals surface area contributed by atoms with Gasteiger partial charge in [0.05, 0.1) is 23.0 Å². The quantitative estimate of drug-likeness (QED) is 0.650. The van der Waals surface area contributed by atoms with Gasteiger partial charge in [-0.25, -0.2) is 14.2 Å². The van der Waals surface area contributed by atoms with Crippen molar-refractivity contribution >= 4 is 34.4 Å². The van der Waals surface area contributed by atoms with Gasteiger partial charge in [-0.1, -0.05) is 18.0 Å². The summed E-state index contributed by atoms with van der Waals surface area (Å²) in [6.07, 6.45) is 7.90. The van der Waals surface area contributed by atoms with Crippen molar-refractivity contribution in [3.05, 3.63) is 17.2 Å². The Balaban J connectivity index is 1.34. The summed E-state index contributed by atoms with van der Waals surface area (Å²) in [5, 5.41) is 9.82. The van der Waals surface area contributed by atoms with Crippen LogP contribution >= 0.6 is 11.6 Å². The third kappa shape index (κ3) is 3.53. The normalized spacial score (nSPS) is 29.0. The lowest BCUT2D eigenvalue weighted by Crippen LogP contribution is -2.55. The van der Waals surface area contributed by atoms with Gasteiger partial charge in [0.15, 0.2) is 11.0 Å². The number of carboxylic acid groups (broad SMARTS) is 1. The van der Waals surface area contributed by atoms with Crippen molar-refractivity contribution in [3.63, 3.8) is 0 Å². The van der Waals surface area contributed by atoms with Gasteiger partial charge >= 0.3 is 12.1 Å². The SMILES string of the molecule is O=C(O)N1[C@@H]2CC[C@H]1CN(c1nc(OCC34CCCCN3CCC4)nc3c(F)c(Cl)ncc13)C2. The summed E-state index contributed by atoms with van der Waals surface area (Å²) in [5.74, 6) is -0.174. The molecule has 2 aromatic rings. The number of aromatic nitrogens is 3. The predicted octanol–water partition coefficient (Wildman–Crippen LogP) is 3.55. The minimum atomic E-state index is -0.893. The van der Waals surface area contributed by atoms with E-state index < -0.39 is 11.9 Å². The second kappa shape index (κ2) is 8.34. The highest BCUT2D eigenvalue weighted by atomic mass is 35.5. The van der Waals surface area contributed by atoms with Crippen LogP contribution in [0, 0.1) is 5.82 Å². The van der Waals surface area contributed by atoms with Crippen molar-refractivity contribution in [2.45, 2.75) is 62.6 Å². The summed E-state index contributed by atoms with van der Waals surface area (Å²) in [4.78, 5) is 30.9. The molecule has 1 amide bonds. The van der Waals surface area contributed by atoms with Crippen molar-refractivity contribution in [3.8, 4) is 6.01 Å². The summed E-state index contributed by atoms with van der Waals surface area (Å²) >= 11 is 5.98. The van der Waals surface area contributed by atoms with Crippen LogP contribution in [0.15, 0.2) is 6.20 Å². The average molecular weight is 491 g/mol. The van der Waals surface area contributed by atoms with Gasteiger partial charge in [0.1, 0.15) is 17.9 Å². The van der Waals surface area contributed by atoms with Crippen LogP contribution < -0.4 is 9.64 Å². The molecular weight excluding hydrogens is 463 g/mol. The number of hydrogen-bond donors (Lipinski definition) is 1. The fourth-order valence-corrected chi connectivity index (χ4v) is 6.65. The second-order valence-corrected chi connectivity index (χ2v) is 10.4. The molecule has 1 N–H and O–H groups in total. The standard InChI is InChI=1S/C23H28ClFN6O3/c24-19-17(25)18-16(10-26-19)20(29-11-14-4-5-15(12-29)31(14)22(32)33)28-21(27-18)34-13-23-6-1-2-8-30(23)9-3-7-23/h10,14-15H,1-9,11-13H2,(H,32,33)/t14-,15+,23?. The summed E-state index contributed by atoms with van der Waals surface area (Å²) in [7, 11) is 0. The van der Waals surface area contributed by atoms with Gasteiger partial charge in [0.2, 0.25) is 0 Å². The van der Waals surface area contributed by atoms with Crippen molar-refractivity contribution in [1.29, 1.82) is 0 Å². The number of halogens is 2. The molecule has 2 bridgehead atoms. The van der Waals surface area contributed by atoms with E-state index in [9.17, 15) is 9.90 Å². The number of hydrogen-bond acceptors (Lipinski definition) is 7. The molecule has 0 aromatic carbocycles. The van der Waals surface area contributed by atoms with Crippen LogP contribution in [0.3, 0.4) is 0 Å². The van der Waals surface area contributed by atoms with Crippen LogP contribution in [0.4, 0.5) is 15.0 Å². The summed E-state index contributed by atoms with van der Waals surface area (Å²) in [6.45, 7) is 3.60. The van der Waals surface area contributed by atoms with Crippen molar-refractivity contribution in [1.82, 2.24) is 24.8 Å². The number of pyridine rings is 1. The largest absolute Gasteiger partial charge is 0.465 e. The summed E-state index contributed by atoms with van der Waals surface area (Å²) in [6, 6.07) is -0.115. The Morgan fingerprint density at radius 3 is 2.68 bits per heavy atom. The highest BCUT2D eigenvalue weighted by molar-refractivity contribution is 6.30. The van der Waals surface area contributed by atoms with E-state index in [2.05, 4.69) is 14.9 Å². The molecule has 0 radical (unpaired) electrons. The molecule has 34 heavy (non-hydrogen) atoms. The Morgan fingerprint density at radius 1 is 1.18 bits per heavy atom. The van der Waals surface area contributed by atoms with Crippen molar-refractivity contribution in [2.24, 2.45) is 0 Å². The van der Waals surface area contributed by atoms with Gasteiger partial charge in [0.25, 0.3) is 0 Å². The third-order valence-corrected chi connectivity index (χ3v) is 8.40. The first-order valence-electron chi connectivity index (χ1n) is 12.1. The van der Waals surface area contributed by atoms with Crippen LogP contribution in [0.25, 0.3) is 10.9 Å². The molecule has 6 heterocycles. The van der Waals surface area contributed by atoms with E-state index >= 15 is 4.39 Å². The first-order valence-corrected chi connectivity index (χ1v) is 12.5. The van der Waals surface area contributed by atoms with E-state index in [0.29, 0.717) is 30.9 Å². The lowest BCUT2D eigenvalue weighted by Gasteiger charge is -2.42. The molecule has 6 rings (SSSR count). The van der Waals surface area contributed by atoms with Crippen molar-refractivity contribution < 1.29 is 19.0 Å². The Morgan fingerprint density at radius 2 is 1.91 bits per heavy atom. The molecule has 1 unspecified atom stereocenters. The Kier molecular flexibility index (Phi) is 5.40. The predicted molar refractivity (Wildman–Crippen MR) is 124 cm³/mol. The van der Waals surface area contributed by atoms with Crippen LogP contribution in [0.5, 0.6) is 6.01 Å². The first-order chi connectivity index (χ1) is 16.4. The minimum absolute atomic E-state index is 0.00259. The molecule has 4 aliphatic heterocycles. The number of anilines is 1. The monoisotopic (exact) mass is 490 g/mol. The lowest BCUT2D eigenvalue weighted by atomic mass is 9.87. The molecule has 4 fully saturated rings. The van der Waals surface area contributed by atoms with Gasteiger partial charge < -0.3 is 14.7 Å². The topological polar surface area (TPSA) is 94.9 Å². The van der Waals surface area contributed by atoms with Crippen LogP contribution in [0.2, 0.25) is 5.15 Å². The van der Waals surface area contributed by atoms with E-state index in [1.54, 1.807) is 4.90 Å². The van der Waals surface area contributed by atoms with Gasteiger partial charge in [-0.2, -0.15) is 9.97 Å². The molecule has 11 heteroatoms. The zero-order valence-corrected chi connectivity index (χ0v) is 19.7.